The van der Waals surface area contributed by atoms with E-state index in [1.54, 1.807) is 19.1 Å². The smallest absolute Gasteiger partial charge is 0.335 e. The Morgan fingerprint density at radius 2 is 2.05 bits per heavy atom. The summed E-state index contributed by atoms with van der Waals surface area (Å²) in [5.41, 5.74) is 1.72. The predicted molar refractivity (Wildman–Crippen MR) is 81.4 cm³/mol. The van der Waals surface area contributed by atoms with Crippen LogP contribution in [0.2, 0.25) is 0 Å². The summed E-state index contributed by atoms with van der Waals surface area (Å²) < 4.78 is 0. The minimum absolute atomic E-state index is 0.0214. The molecule has 108 valence electrons. The fourth-order valence-electron chi connectivity index (χ4n) is 2.35. The van der Waals surface area contributed by atoms with E-state index < -0.39 is 5.97 Å². The maximum atomic E-state index is 12.0. The molecule has 1 aromatic rings. The zero-order valence-corrected chi connectivity index (χ0v) is 12.3. The van der Waals surface area contributed by atoms with Gasteiger partial charge in [0.15, 0.2) is 0 Å². The van der Waals surface area contributed by atoms with Gasteiger partial charge in [-0.1, -0.05) is 0 Å². The van der Waals surface area contributed by atoms with Crippen molar-refractivity contribution in [3.63, 3.8) is 0 Å². The van der Waals surface area contributed by atoms with Crippen molar-refractivity contribution in [2.75, 3.05) is 16.8 Å². The minimum Gasteiger partial charge on any atom is -0.478 e. The molecule has 1 aliphatic heterocycles. The molecule has 1 fully saturated rings. The molecule has 4 nitrogen and oxygen atoms in total. The van der Waals surface area contributed by atoms with Crippen molar-refractivity contribution in [1.29, 1.82) is 0 Å². The first kappa shape index (κ1) is 14.9. The molecule has 0 aromatic heterocycles. The average molecular weight is 293 g/mol. The molecule has 0 spiro atoms. The highest BCUT2D eigenvalue weighted by Gasteiger charge is 2.17. The van der Waals surface area contributed by atoms with E-state index in [1.165, 1.54) is 6.07 Å². The Kier molecular flexibility index (Phi) is 5.06. The fourth-order valence-corrected chi connectivity index (χ4v) is 3.56. The van der Waals surface area contributed by atoms with E-state index >= 15 is 0 Å². The molecule has 0 aliphatic carbocycles. The van der Waals surface area contributed by atoms with Crippen LogP contribution in [0.25, 0.3) is 0 Å². The van der Waals surface area contributed by atoms with Crippen molar-refractivity contribution in [2.45, 2.75) is 26.2 Å². The lowest BCUT2D eigenvalue weighted by atomic mass is 9.98. The van der Waals surface area contributed by atoms with Crippen LogP contribution in [0.15, 0.2) is 18.2 Å². The maximum absolute atomic E-state index is 12.0. The number of hydrogen-bond donors (Lipinski definition) is 2. The largest absolute Gasteiger partial charge is 0.478 e. The van der Waals surface area contributed by atoms with Crippen LogP contribution >= 0.6 is 11.8 Å². The number of nitrogens with one attached hydrogen (secondary N) is 1. The van der Waals surface area contributed by atoms with E-state index in [-0.39, 0.29) is 11.5 Å². The van der Waals surface area contributed by atoms with Gasteiger partial charge in [-0.15, -0.1) is 0 Å². The number of aryl methyl sites for hydroxylation is 1. The van der Waals surface area contributed by atoms with Gasteiger partial charge in [-0.3, -0.25) is 4.79 Å². The second-order valence-corrected chi connectivity index (χ2v) is 6.37. The van der Waals surface area contributed by atoms with Crippen molar-refractivity contribution in [3.05, 3.63) is 29.3 Å². The maximum Gasteiger partial charge on any atom is 0.335 e. The highest BCUT2D eigenvalue weighted by atomic mass is 32.2. The fraction of sp³-hybridized carbons (Fsp3) is 0.467. The molecule has 2 rings (SSSR count). The molecule has 0 bridgehead atoms. The summed E-state index contributed by atoms with van der Waals surface area (Å²) in [6, 6.07) is 4.75. The number of carboxylic acid groups (broad SMARTS) is 1. The third-order valence-corrected chi connectivity index (χ3v) is 4.61. The van der Waals surface area contributed by atoms with Crippen LogP contribution in [0.3, 0.4) is 0 Å². The van der Waals surface area contributed by atoms with E-state index in [0.717, 1.165) is 29.9 Å². The molecular weight excluding hydrogens is 274 g/mol. The minimum atomic E-state index is -0.953. The van der Waals surface area contributed by atoms with E-state index in [0.29, 0.717) is 18.0 Å². The topological polar surface area (TPSA) is 66.4 Å². The standard InChI is InChI=1S/C15H19NO3S/c1-10-8-12(15(18)19)2-3-13(10)16-14(17)9-11-4-6-20-7-5-11/h2-3,8,11H,4-7,9H2,1H3,(H,16,17)(H,18,19). The summed E-state index contributed by atoms with van der Waals surface area (Å²) in [5.74, 6) is 1.84. The third-order valence-electron chi connectivity index (χ3n) is 3.56. The van der Waals surface area contributed by atoms with Crippen molar-refractivity contribution >= 4 is 29.3 Å². The first-order valence-electron chi connectivity index (χ1n) is 6.78. The lowest BCUT2D eigenvalue weighted by molar-refractivity contribution is -0.117. The van der Waals surface area contributed by atoms with Crippen LogP contribution in [-0.4, -0.2) is 28.5 Å². The van der Waals surface area contributed by atoms with Crippen LogP contribution in [0, 0.1) is 12.8 Å². The van der Waals surface area contributed by atoms with Gasteiger partial charge in [-0.2, -0.15) is 11.8 Å². The van der Waals surface area contributed by atoms with E-state index in [4.69, 9.17) is 5.11 Å². The molecule has 1 aliphatic rings. The highest BCUT2D eigenvalue weighted by molar-refractivity contribution is 7.99. The number of carbonyl (C=O) groups is 2. The quantitative estimate of drug-likeness (QED) is 0.895. The van der Waals surface area contributed by atoms with Crippen molar-refractivity contribution in [1.82, 2.24) is 0 Å². The summed E-state index contributed by atoms with van der Waals surface area (Å²) in [4.78, 5) is 22.9. The van der Waals surface area contributed by atoms with Gasteiger partial charge in [-0.05, 0) is 61.0 Å². The van der Waals surface area contributed by atoms with Crippen LogP contribution in [0.1, 0.15) is 35.2 Å². The number of aromatic carboxylic acids is 1. The van der Waals surface area contributed by atoms with Crippen LogP contribution in [0.4, 0.5) is 5.69 Å². The van der Waals surface area contributed by atoms with Gasteiger partial charge >= 0.3 is 5.97 Å². The first-order valence-corrected chi connectivity index (χ1v) is 7.93. The number of benzene rings is 1. The molecule has 5 heteroatoms. The normalized spacial score (nSPS) is 15.8. The highest BCUT2D eigenvalue weighted by Crippen LogP contribution is 2.26. The number of amides is 1. The summed E-state index contributed by atoms with van der Waals surface area (Å²) >= 11 is 1.95. The second-order valence-electron chi connectivity index (χ2n) is 5.14. The molecule has 0 radical (unpaired) electrons. The van der Waals surface area contributed by atoms with Gasteiger partial charge in [0.1, 0.15) is 0 Å². The third kappa shape index (κ3) is 4.00. The average Bonchev–Trinajstić information content (AvgIpc) is 2.42. The van der Waals surface area contributed by atoms with E-state index in [1.807, 2.05) is 11.8 Å². The molecule has 0 saturated carbocycles. The van der Waals surface area contributed by atoms with Crippen LogP contribution < -0.4 is 5.32 Å². The molecular formula is C15H19NO3S. The van der Waals surface area contributed by atoms with Gasteiger partial charge < -0.3 is 10.4 Å². The Labute approximate surface area is 123 Å². The van der Waals surface area contributed by atoms with Gasteiger partial charge in [0.25, 0.3) is 0 Å². The second kappa shape index (κ2) is 6.79. The lowest BCUT2D eigenvalue weighted by Gasteiger charge is -2.20. The molecule has 1 aromatic carbocycles. The van der Waals surface area contributed by atoms with Gasteiger partial charge in [0, 0.05) is 12.1 Å². The number of thioether (sulfide) groups is 1. The summed E-state index contributed by atoms with van der Waals surface area (Å²) in [5, 5.41) is 11.8. The Morgan fingerprint density at radius 1 is 1.35 bits per heavy atom. The van der Waals surface area contributed by atoms with Crippen LogP contribution in [0.5, 0.6) is 0 Å². The Bertz CT molecular complexity index is 510. The number of carboxylic acids is 1. The molecule has 1 heterocycles. The summed E-state index contributed by atoms with van der Waals surface area (Å²) in [6.45, 7) is 1.80. The Balaban J connectivity index is 1.95. The molecule has 0 unspecified atom stereocenters. The monoisotopic (exact) mass is 293 g/mol. The summed E-state index contributed by atoms with van der Waals surface area (Å²) in [6.07, 6.45) is 2.77. The van der Waals surface area contributed by atoms with E-state index in [9.17, 15) is 9.59 Å². The number of hydrogen-bond acceptors (Lipinski definition) is 3. The van der Waals surface area contributed by atoms with Gasteiger partial charge in [0.05, 0.1) is 5.56 Å². The molecule has 0 atom stereocenters. The Morgan fingerprint density at radius 3 is 2.65 bits per heavy atom. The van der Waals surface area contributed by atoms with Crippen molar-refractivity contribution < 1.29 is 14.7 Å². The van der Waals surface area contributed by atoms with Crippen LogP contribution in [-0.2, 0) is 4.79 Å². The number of rotatable bonds is 4. The number of carbonyl (C=O) groups excluding carboxylic acids is 1. The van der Waals surface area contributed by atoms with Gasteiger partial charge in [-0.25, -0.2) is 4.79 Å². The van der Waals surface area contributed by atoms with E-state index in [2.05, 4.69) is 5.32 Å². The lowest BCUT2D eigenvalue weighted by Crippen LogP contribution is -2.20. The molecule has 1 amide bonds. The summed E-state index contributed by atoms with van der Waals surface area (Å²) in [7, 11) is 0. The predicted octanol–water partition coefficient (Wildman–Crippen LogP) is 3.17. The van der Waals surface area contributed by atoms with Gasteiger partial charge in [0.2, 0.25) is 5.91 Å². The molecule has 1 saturated heterocycles. The number of anilines is 1. The Hall–Kier alpha value is -1.49. The first-order chi connectivity index (χ1) is 9.56. The zero-order valence-electron chi connectivity index (χ0n) is 11.5. The van der Waals surface area contributed by atoms with Crippen molar-refractivity contribution in [3.8, 4) is 0 Å². The molecule has 2 N–H and O–H groups in total. The SMILES string of the molecule is Cc1cc(C(=O)O)ccc1NC(=O)CC1CCSCC1. The van der Waals surface area contributed by atoms with Crippen molar-refractivity contribution in [2.24, 2.45) is 5.92 Å². The molecule has 20 heavy (non-hydrogen) atoms. The zero-order chi connectivity index (χ0) is 14.5.